The average Bonchev–Trinajstić information content (AvgIpc) is 2.81. The van der Waals surface area contributed by atoms with E-state index in [9.17, 15) is 9.18 Å². The summed E-state index contributed by atoms with van der Waals surface area (Å²) in [6, 6.07) is 4.57. The van der Waals surface area contributed by atoms with Crippen molar-refractivity contribution in [2.24, 2.45) is 0 Å². The van der Waals surface area contributed by atoms with Crippen LogP contribution in [0.25, 0.3) is 11.4 Å². The molecule has 100 valence electrons. The Hall–Kier alpha value is -2.24. The molecule has 2 aromatic rings. The lowest BCUT2D eigenvalue weighted by molar-refractivity contribution is -0.137. The Morgan fingerprint density at radius 3 is 2.95 bits per heavy atom. The summed E-state index contributed by atoms with van der Waals surface area (Å²) in [6.07, 6.45) is 0.923. The molecule has 0 unspecified atom stereocenters. The van der Waals surface area contributed by atoms with E-state index in [1.165, 1.54) is 6.07 Å². The van der Waals surface area contributed by atoms with Crippen LogP contribution in [0.3, 0.4) is 0 Å². The molecule has 19 heavy (non-hydrogen) atoms. The second kappa shape index (κ2) is 5.60. The smallest absolute Gasteiger partial charge is 0.303 e. The first-order chi connectivity index (χ1) is 9.06. The first-order valence-corrected chi connectivity index (χ1v) is 5.87. The van der Waals surface area contributed by atoms with E-state index in [0.717, 1.165) is 0 Å². The summed E-state index contributed by atoms with van der Waals surface area (Å²) in [5, 5.41) is 12.3. The molecule has 0 aliphatic heterocycles. The lowest BCUT2D eigenvalue weighted by Gasteiger charge is -1.97. The van der Waals surface area contributed by atoms with Crippen molar-refractivity contribution in [2.45, 2.75) is 26.2 Å². The summed E-state index contributed by atoms with van der Waals surface area (Å²) in [5.41, 5.74) is 1.18. The lowest BCUT2D eigenvalue weighted by atomic mass is 10.1. The van der Waals surface area contributed by atoms with E-state index in [0.29, 0.717) is 35.7 Å². The number of hydrogen-bond acceptors (Lipinski definition) is 4. The fourth-order valence-corrected chi connectivity index (χ4v) is 1.65. The van der Waals surface area contributed by atoms with Crippen LogP contribution in [0, 0.1) is 12.7 Å². The van der Waals surface area contributed by atoms with E-state index >= 15 is 0 Å². The van der Waals surface area contributed by atoms with Crippen LogP contribution < -0.4 is 0 Å². The summed E-state index contributed by atoms with van der Waals surface area (Å²) < 4.78 is 18.2. The van der Waals surface area contributed by atoms with Gasteiger partial charge in [-0.3, -0.25) is 4.79 Å². The van der Waals surface area contributed by atoms with Crippen LogP contribution in [0.15, 0.2) is 22.7 Å². The number of halogens is 1. The number of aromatic nitrogens is 2. The molecule has 5 nitrogen and oxygen atoms in total. The third-order valence-corrected chi connectivity index (χ3v) is 2.67. The highest BCUT2D eigenvalue weighted by atomic mass is 19.1. The Balaban J connectivity index is 2.07. The predicted molar refractivity (Wildman–Crippen MR) is 65.0 cm³/mol. The molecule has 2 rings (SSSR count). The molecule has 0 fully saturated rings. The van der Waals surface area contributed by atoms with Crippen molar-refractivity contribution in [3.63, 3.8) is 0 Å². The number of nitrogens with zero attached hydrogens (tertiary/aromatic N) is 2. The topological polar surface area (TPSA) is 76.2 Å². The maximum Gasteiger partial charge on any atom is 0.303 e. The SMILES string of the molecule is Cc1cc(-c2noc(CCCC(=O)O)n2)ccc1F. The Morgan fingerprint density at radius 2 is 2.26 bits per heavy atom. The zero-order valence-corrected chi connectivity index (χ0v) is 10.4. The normalized spacial score (nSPS) is 10.6. The molecule has 0 aliphatic carbocycles. The van der Waals surface area contributed by atoms with Crippen molar-refractivity contribution in [3.05, 3.63) is 35.5 Å². The highest BCUT2D eigenvalue weighted by Gasteiger charge is 2.10. The van der Waals surface area contributed by atoms with E-state index in [-0.39, 0.29) is 12.2 Å². The van der Waals surface area contributed by atoms with Crippen LogP contribution in [-0.4, -0.2) is 21.2 Å². The second-order valence-corrected chi connectivity index (χ2v) is 4.22. The minimum absolute atomic E-state index is 0.0629. The van der Waals surface area contributed by atoms with Gasteiger partial charge < -0.3 is 9.63 Å². The van der Waals surface area contributed by atoms with Gasteiger partial charge in [0.15, 0.2) is 0 Å². The van der Waals surface area contributed by atoms with E-state index in [4.69, 9.17) is 9.63 Å². The van der Waals surface area contributed by atoms with Crippen LogP contribution in [0.4, 0.5) is 4.39 Å². The van der Waals surface area contributed by atoms with Gasteiger partial charge in [-0.25, -0.2) is 4.39 Å². The third kappa shape index (κ3) is 3.37. The number of aliphatic carboxylic acids is 1. The molecule has 0 saturated carbocycles. The van der Waals surface area contributed by atoms with Crippen LogP contribution in [0.5, 0.6) is 0 Å². The van der Waals surface area contributed by atoms with Crippen molar-refractivity contribution in [2.75, 3.05) is 0 Å². The van der Waals surface area contributed by atoms with E-state index < -0.39 is 5.97 Å². The first kappa shape index (κ1) is 13.2. The number of rotatable bonds is 5. The maximum absolute atomic E-state index is 13.1. The summed E-state index contributed by atoms with van der Waals surface area (Å²) in [6.45, 7) is 1.66. The molecule has 0 aliphatic rings. The summed E-state index contributed by atoms with van der Waals surface area (Å²) in [7, 11) is 0. The number of carbonyl (C=O) groups is 1. The van der Waals surface area contributed by atoms with Gasteiger partial charge >= 0.3 is 5.97 Å². The van der Waals surface area contributed by atoms with Gasteiger partial charge in [-0.15, -0.1) is 0 Å². The molecule has 0 radical (unpaired) electrons. The van der Waals surface area contributed by atoms with Gasteiger partial charge in [-0.1, -0.05) is 5.16 Å². The summed E-state index contributed by atoms with van der Waals surface area (Å²) in [4.78, 5) is 14.5. The van der Waals surface area contributed by atoms with Gasteiger partial charge in [0.25, 0.3) is 0 Å². The third-order valence-electron chi connectivity index (χ3n) is 2.67. The molecule has 1 aromatic carbocycles. The molecular formula is C13H13FN2O3. The number of carboxylic acids is 1. The van der Waals surface area contributed by atoms with Gasteiger partial charge in [0, 0.05) is 18.4 Å². The fourth-order valence-electron chi connectivity index (χ4n) is 1.65. The highest BCUT2D eigenvalue weighted by Crippen LogP contribution is 2.19. The van der Waals surface area contributed by atoms with Gasteiger partial charge in [-0.2, -0.15) is 4.98 Å². The molecule has 0 bridgehead atoms. The summed E-state index contributed by atoms with van der Waals surface area (Å²) >= 11 is 0. The Kier molecular flexibility index (Phi) is 3.89. The maximum atomic E-state index is 13.1. The standard InChI is InChI=1S/C13H13FN2O3/c1-8-7-9(5-6-10(8)14)13-15-11(19-16-13)3-2-4-12(17)18/h5-7H,2-4H2,1H3,(H,17,18). The molecule has 6 heteroatoms. The van der Waals surface area contributed by atoms with Gasteiger partial charge in [0.1, 0.15) is 5.82 Å². The van der Waals surface area contributed by atoms with Crippen LogP contribution in [-0.2, 0) is 11.2 Å². The van der Waals surface area contributed by atoms with Crippen molar-refractivity contribution < 1.29 is 18.8 Å². The van der Waals surface area contributed by atoms with Crippen molar-refractivity contribution in [1.29, 1.82) is 0 Å². The van der Waals surface area contributed by atoms with E-state index in [1.807, 2.05) is 0 Å². The predicted octanol–water partition coefficient (Wildman–Crippen LogP) is 2.59. The molecule has 1 aromatic heterocycles. The molecule has 0 atom stereocenters. The largest absolute Gasteiger partial charge is 0.481 e. The van der Waals surface area contributed by atoms with Gasteiger partial charge in [-0.05, 0) is 37.1 Å². The monoisotopic (exact) mass is 264 g/mol. The quantitative estimate of drug-likeness (QED) is 0.898. The molecule has 1 heterocycles. The number of benzene rings is 1. The minimum atomic E-state index is -0.853. The lowest BCUT2D eigenvalue weighted by Crippen LogP contribution is -1.96. The van der Waals surface area contributed by atoms with Crippen molar-refractivity contribution >= 4 is 5.97 Å². The van der Waals surface area contributed by atoms with Crippen LogP contribution in [0.2, 0.25) is 0 Å². The zero-order valence-electron chi connectivity index (χ0n) is 10.4. The molecular weight excluding hydrogens is 251 g/mol. The Bertz CT molecular complexity index is 595. The number of hydrogen-bond donors (Lipinski definition) is 1. The van der Waals surface area contributed by atoms with Crippen LogP contribution in [0.1, 0.15) is 24.3 Å². The summed E-state index contributed by atoms with van der Waals surface area (Å²) in [5.74, 6) is -0.366. The van der Waals surface area contributed by atoms with Crippen molar-refractivity contribution in [1.82, 2.24) is 10.1 Å². The molecule has 0 saturated heterocycles. The highest BCUT2D eigenvalue weighted by molar-refractivity contribution is 5.66. The Labute approximate surface area is 109 Å². The first-order valence-electron chi connectivity index (χ1n) is 5.87. The van der Waals surface area contributed by atoms with Gasteiger partial charge in [0.05, 0.1) is 0 Å². The van der Waals surface area contributed by atoms with Crippen molar-refractivity contribution in [3.8, 4) is 11.4 Å². The molecule has 0 amide bonds. The van der Waals surface area contributed by atoms with Crippen LogP contribution >= 0.6 is 0 Å². The van der Waals surface area contributed by atoms with Gasteiger partial charge in [0.2, 0.25) is 11.7 Å². The minimum Gasteiger partial charge on any atom is -0.481 e. The second-order valence-electron chi connectivity index (χ2n) is 4.22. The zero-order chi connectivity index (χ0) is 13.8. The molecule has 1 N–H and O–H groups in total. The van der Waals surface area contributed by atoms with E-state index in [1.54, 1.807) is 19.1 Å². The number of carboxylic acid groups (broad SMARTS) is 1. The van der Waals surface area contributed by atoms with E-state index in [2.05, 4.69) is 10.1 Å². The fraction of sp³-hybridized carbons (Fsp3) is 0.308. The Morgan fingerprint density at radius 1 is 1.47 bits per heavy atom. The number of aryl methyl sites for hydroxylation is 2. The average molecular weight is 264 g/mol. The molecule has 0 spiro atoms.